The van der Waals surface area contributed by atoms with E-state index in [9.17, 15) is 9.18 Å². The summed E-state index contributed by atoms with van der Waals surface area (Å²) in [6, 6.07) is 7.16. The fraction of sp³-hybridized carbons (Fsp3) is 0.500. The van der Waals surface area contributed by atoms with Crippen molar-refractivity contribution < 1.29 is 13.9 Å². The first-order valence-corrected chi connectivity index (χ1v) is 10.9. The molecule has 3 rings (SSSR count). The van der Waals surface area contributed by atoms with Gasteiger partial charge in [-0.15, -0.1) is 0 Å². The molecule has 2 aromatic rings. The number of esters is 1. The first-order chi connectivity index (χ1) is 14.9. The number of aromatic nitrogens is 2. The Morgan fingerprint density at radius 2 is 1.97 bits per heavy atom. The number of nitrogens with one attached hydrogen (secondary N) is 2. The summed E-state index contributed by atoms with van der Waals surface area (Å²) >= 11 is 5.84. The number of carbonyl (C=O) groups is 1. The quantitative estimate of drug-likeness (QED) is 0.540. The van der Waals surface area contributed by atoms with Crippen LogP contribution >= 0.6 is 11.6 Å². The third-order valence-electron chi connectivity index (χ3n) is 5.65. The summed E-state index contributed by atoms with van der Waals surface area (Å²) in [7, 11) is 3.55. The molecule has 1 aromatic carbocycles. The highest BCUT2D eigenvalue weighted by Gasteiger charge is 2.24. The molecule has 1 aliphatic rings. The SMILES string of the molecule is COC(=O)CCCN(C)C1CCC(Nc2cc(Nc3ccc(F)c(Cl)c3)ncn2)CC1. The molecule has 168 valence electrons. The van der Waals surface area contributed by atoms with Gasteiger partial charge in [-0.05, 0) is 63.9 Å². The zero-order valence-corrected chi connectivity index (χ0v) is 18.7. The molecule has 7 nitrogen and oxygen atoms in total. The van der Waals surface area contributed by atoms with Gasteiger partial charge in [-0.1, -0.05) is 11.6 Å². The van der Waals surface area contributed by atoms with Gasteiger partial charge in [-0.25, -0.2) is 14.4 Å². The number of carbonyl (C=O) groups excluding carboxylic acids is 1. The maximum Gasteiger partial charge on any atom is 0.305 e. The summed E-state index contributed by atoms with van der Waals surface area (Å²) in [6.07, 6.45) is 7.06. The van der Waals surface area contributed by atoms with E-state index >= 15 is 0 Å². The van der Waals surface area contributed by atoms with E-state index in [1.54, 1.807) is 6.07 Å². The molecule has 9 heteroatoms. The van der Waals surface area contributed by atoms with Gasteiger partial charge in [0.2, 0.25) is 0 Å². The number of anilines is 3. The molecule has 0 saturated heterocycles. The number of benzene rings is 1. The van der Waals surface area contributed by atoms with E-state index in [4.69, 9.17) is 16.3 Å². The van der Waals surface area contributed by atoms with Crippen molar-refractivity contribution in [2.45, 2.75) is 50.6 Å². The fourth-order valence-corrected chi connectivity index (χ4v) is 4.03. The topological polar surface area (TPSA) is 79.4 Å². The lowest BCUT2D eigenvalue weighted by atomic mass is 9.90. The Bertz CT molecular complexity index is 877. The second kappa shape index (κ2) is 11.2. The number of nitrogens with zero attached hydrogens (tertiary/aromatic N) is 3. The van der Waals surface area contributed by atoms with E-state index < -0.39 is 5.82 Å². The molecule has 0 amide bonds. The van der Waals surface area contributed by atoms with Crippen LogP contribution in [0, 0.1) is 5.82 Å². The minimum absolute atomic E-state index is 0.0597. The molecule has 0 atom stereocenters. The van der Waals surface area contributed by atoms with Gasteiger partial charge in [0.1, 0.15) is 23.8 Å². The van der Waals surface area contributed by atoms with E-state index in [0.717, 1.165) is 44.5 Å². The second-order valence-electron chi connectivity index (χ2n) is 7.85. The van der Waals surface area contributed by atoms with Crippen LogP contribution in [-0.4, -0.2) is 53.6 Å². The Hall–Kier alpha value is -2.45. The van der Waals surface area contributed by atoms with Gasteiger partial charge in [0.15, 0.2) is 0 Å². The minimum Gasteiger partial charge on any atom is -0.469 e. The van der Waals surface area contributed by atoms with Crippen LogP contribution in [0.1, 0.15) is 38.5 Å². The lowest BCUT2D eigenvalue weighted by Gasteiger charge is -2.35. The number of halogens is 2. The number of rotatable bonds is 9. The minimum atomic E-state index is -0.457. The van der Waals surface area contributed by atoms with Crippen molar-refractivity contribution in [3.05, 3.63) is 41.4 Å². The standard InChI is InChI=1S/C22H29ClFN5O2/c1-29(11-3-4-22(30)31-2)17-8-5-15(6-9-17)27-20-13-21(26-14-25-20)28-16-7-10-19(24)18(23)12-16/h7,10,12-15,17H,3-6,8-9,11H2,1-2H3,(H2,25,26,27,28). The monoisotopic (exact) mass is 449 g/mol. The molecule has 31 heavy (non-hydrogen) atoms. The molecule has 1 heterocycles. The van der Waals surface area contributed by atoms with E-state index in [2.05, 4.69) is 32.5 Å². The van der Waals surface area contributed by atoms with Crippen molar-refractivity contribution in [3.63, 3.8) is 0 Å². The number of methoxy groups -OCH3 is 1. The Labute approximate surface area is 187 Å². The fourth-order valence-electron chi connectivity index (χ4n) is 3.85. The average Bonchev–Trinajstić information content (AvgIpc) is 2.77. The maximum absolute atomic E-state index is 13.3. The van der Waals surface area contributed by atoms with Crippen LogP contribution in [0.5, 0.6) is 0 Å². The van der Waals surface area contributed by atoms with Gasteiger partial charge >= 0.3 is 5.97 Å². The maximum atomic E-state index is 13.3. The highest BCUT2D eigenvalue weighted by molar-refractivity contribution is 6.31. The lowest BCUT2D eigenvalue weighted by molar-refractivity contribution is -0.140. The summed E-state index contributed by atoms with van der Waals surface area (Å²) in [6.45, 7) is 0.895. The van der Waals surface area contributed by atoms with Crippen LogP contribution in [-0.2, 0) is 9.53 Å². The second-order valence-corrected chi connectivity index (χ2v) is 8.26. The van der Waals surface area contributed by atoms with Crippen molar-refractivity contribution >= 4 is 34.9 Å². The zero-order valence-electron chi connectivity index (χ0n) is 17.9. The third-order valence-corrected chi connectivity index (χ3v) is 5.94. The molecule has 0 spiro atoms. The number of hydrogen-bond acceptors (Lipinski definition) is 7. The summed E-state index contributed by atoms with van der Waals surface area (Å²) in [5, 5.41) is 6.68. The number of hydrogen-bond donors (Lipinski definition) is 2. The van der Waals surface area contributed by atoms with Crippen molar-refractivity contribution in [2.75, 3.05) is 31.3 Å². The van der Waals surface area contributed by atoms with Crippen LogP contribution in [0.2, 0.25) is 5.02 Å². The van der Waals surface area contributed by atoms with E-state index in [0.29, 0.717) is 30.0 Å². The van der Waals surface area contributed by atoms with Crippen LogP contribution < -0.4 is 10.6 Å². The molecule has 0 aliphatic heterocycles. The molecule has 1 fully saturated rings. The Morgan fingerprint density at radius 3 is 2.68 bits per heavy atom. The predicted molar refractivity (Wildman–Crippen MR) is 120 cm³/mol. The smallest absolute Gasteiger partial charge is 0.305 e. The molecule has 2 N–H and O–H groups in total. The van der Waals surface area contributed by atoms with Gasteiger partial charge in [0, 0.05) is 30.3 Å². The zero-order chi connectivity index (χ0) is 22.2. The molecule has 0 radical (unpaired) electrons. The first kappa shape index (κ1) is 23.2. The summed E-state index contributed by atoms with van der Waals surface area (Å²) in [5.41, 5.74) is 0.659. The molecule has 1 aliphatic carbocycles. The van der Waals surface area contributed by atoms with Crippen LogP contribution in [0.3, 0.4) is 0 Å². The highest BCUT2D eigenvalue weighted by Crippen LogP contribution is 2.26. The summed E-state index contributed by atoms with van der Waals surface area (Å²) in [5.74, 6) is 0.754. The Balaban J connectivity index is 1.46. The van der Waals surface area contributed by atoms with E-state index in [-0.39, 0.29) is 11.0 Å². The molecular formula is C22H29ClFN5O2. The Kier molecular flexibility index (Phi) is 8.43. The molecular weight excluding hydrogens is 421 g/mol. The van der Waals surface area contributed by atoms with Gasteiger partial charge < -0.3 is 20.3 Å². The van der Waals surface area contributed by atoms with E-state index in [1.165, 1.54) is 25.6 Å². The lowest BCUT2D eigenvalue weighted by Crippen LogP contribution is -2.39. The summed E-state index contributed by atoms with van der Waals surface area (Å²) < 4.78 is 18.0. The van der Waals surface area contributed by atoms with Gasteiger partial charge in [0.05, 0.1) is 12.1 Å². The Morgan fingerprint density at radius 1 is 1.23 bits per heavy atom. The van der Waals surface area contributed by atoms with Crippen LogP contribution in [0.15, 0.2) is 30.6 Å². The van der Waals surface area contributed by atoms with Crippen molar-refractivity contribution in [1.82, 2.24) is 14.9 Å². The average molecular weight is 450 g/mol. The first-order valence-electron chi connectivity index (χ1n) is 10.5. The highest BCUT2D eigenvalue weighted by atomic mass is 35.5. The molecule has 0 bridgehead atoms. The van der Waals surface area contributed by atoms with Crippen LogP contribution in [0.25, 0.3) is 0 Å². The predicted octanol–water partition coefficient (Wildman–Crippen LogP) is 4.62. The number of ether oxygens (including phenoxy) is 1. The molecule has 0 unspecified atom stereocenters. The van der Waals surface area contributed by atoms with Crippen molar-refractivity contribution in [3.8, 4) is 0 Å². The van der Waals surface area contributed by atoms with Gasteiger partial charge in [0.25, 0.3) is 0 Å². The van der Waals surface area contributed by atoms with Crippen LogP contribution in [0.4, 0.5) is 21.7 Å². The summed E-state index contributed by atoms with van der Waals surface area (Å²) in [4.78, 5) is 22.2. The van der Waals surface area contributed by atoms with Crippen molar-refractivity contribution in [2.24, 2.45) is 0 Å². The van der Waals surface area contributed by atoms with E-state index in [1.807, 2.05) is 6.07 Å². The van der Waals surface area contributed by atoms with Gasteiger partial charge in [-0.2, -0.15) is 0 Å². The van der Waals surface area contributed by atoms with Crippen molar-refractivity contribution in [1.29, 1.82) is 0 Å². The molecule has 1 saturated carbocycles. The normalized spacial score (nSPS) is 18.6. The van der Waals surface area contributed by atoms with Gasteiger partial charge in [-0.3, -0.25) is 4.79 Å². The third kappa shape index (κ3) is 7.04. The largest absolute Gasteiger partial charge is 0.469 e. The molecule has 1 aromatic heterocycles.